The second-order valence-electron chi connectivity index (χ2n) is 43.8. The molecule has 6 aliphatic rings. The molecule has 6 aliphatic heterocycles. The minimum absolute atomic E-state index is 0.00735. The molecular weight excluding hydrogens is 1750 g/mol. The summed E-state index contributed by atoms with van der Waals surface area (Å²) in [7, 11) is 0. The largest absolute Gasteiger partial charge is 0.507 e. The molecule has 0 saturated carbocycles. The summed E-state index contributed by atoms with van der Waals surface area (Å²) in [6.45, 7) is 64.4. The van der Waals surface area contributed by atoms with E-state index in [2.05, 4.69) is 273 Å². The van der Waals surface area contributed by atoms with E-state index in [1.165, 1.54) is 66.2 Å². The van der Waals surface area contributed by atoms with Gasteiger partial charge in [-0.15, -0.1) is 69.6 Å². The summed E-state index contributed by atoms with van der Waals surface area (Å²) in [5.41, 5.74) is 19.1. The van der Waals surface area contributed by atoms with E-state index in [0.717, 1.165) is 94.7 Å². The van der Waals surface area contributed by atoms with Crippen molar-refractivity contribution in [3.8, 4) is 34.5 Å². The van der Waals surface area contributed by atoms with Gasteiger partial charge in [-0.1, -0.05) is 121 Å². The first-order valence-electron chi connectivity index (χ1n) is 46.9. The molecule has 0 unspecified atom stereocenters. The van der Waals surface area contributed by atoms with Crippen LogP contribution in [0.25, 0.3) is 64.6 Å². The van der Waals surface area contributed by atoms with Gasteiger partial charge in [-0.3, -0.25) is 0 Å². The molecule has 0 radical (unpaired) electrons. The highest BCUT2D eigenvalue weighted by Gasteiger charge is 2.49. The van der Waals surface area contributed by atoms with E-state index in [9.17, 15) is 30.6 Å². The lowest BCUT2D eigenvalue weighted by Crippen LogP contribution is -2.46. The Morgan fingerprint density at radius 1 is 0.282 bits per heavy atom. The van der Waals surface area contributed by atoms with Crippen molar-refractivity contribution in [2.24, 2.45) is 0 Å². The highest BCUT2D eigenvalue weighted by molar-refractivity contribution is 6.22. The molecule has 702 valence electrons. The molecule has 0 aliphatic carbocycles. The van der Waals surface area contributed by atoms with Crippen LogP contribution in [-0.4, -0.2) is 135 Å². The molecule has 13 atom stereocenters. The number of anilines is 6. The third kappa shape index (κ3) is 18.1. The maximum absolute atomic E-state index is 10.6. The lowest BCUT2D eigenvalue weighted by atomic mass is 9.89. The number of hydrogen-bond acceptors (Lipinski definition) is 12. The number of rotatable bonds is 6. The number of halogens is 6. The Balaban J connectivity index is 0.000000134. The number of benzene rings is 12. The van der Waals surface area contributed by atoms with E-state index in [1.54, 1.807) is 0 Å². The molecule has 6 heterocycles. The molecule has 12 aromatic rings. The molecule has 18 heteroatoms. The predicted molar refractivity (Wildman–Crippen MR) is 568 cm³/mol. The molecule has 12 aromatic carbocycles. The fourth-order valence-corrected chi connectivity index (χ4v) is 26.0. The van der Waals surface area contributed by atoms with Crippen LogP contribution in [0.3, 0.4) is 0 Å². The monoisotopic (exact) mass is 1890 g/mol. The smallest absolute Gasteiger partial charge is 0.125 e. The first kappa shape index (κ1) is 100. The van der Waals surface area contributed by atoms with Crippen molar-refractivity contribution in [2.75, 3.05) is 59.5 Å². The first-order chi connectivity index (χ1) is 61.1. The summed E-state index contributed by atoms with van der Waals surface area (Å²) >= 11 is 38.4. The van der Waals surface area contributed by atoms with Crippen LogP contribution in [-0.2, 0) is 0 Å². The fraction of sp³-hybridized carbons (Fsp3) is 0.469. The van der Waals surface area contributed by atoms with Crippen molar-refractivity contribution in [1.29, 1.82) is 0 Å². The first-order valence-corrected chi connectivity index (χ1v) is 49.9. The van der Waals surface area contributed by atoms with Crippen molar-refractivity contribution >= 4 is 168 Å². The summed E-state index contributed by atoms with van der Waals surface area (Å²) in [5.74, 6) is 6.15. The number of aromatic hydroxyl groups is 6. The zero-order chi connectivity index (χ0) is 96.5. The van der Waals surface area contributed by atoms with Crippen LogP contribution in [0.2, 0.25) is 0 Å². The molecule has 131 heavy (non-hydrogen) atoms. The third-order valence-corrected chi connectivity index (χ3v) is 30.6. The normalized spacial score (nSPS) is 21.4. The molecule has 0 bridgehead atoms. The number of fused-ring (bicyclic) bond motifs is 18. The maximum atomic E-state index is 10.6. The van der Waals surface area contributed by atoms with E-state index in [1.807, 2.05) is 115 Å². The Morgan fingerprint density at radius 3 is 0.847 bits per heavy atom. The summed E-state index contributed by atoms with van der Waals surface area (Å²) < 4.78 is 0. The number of nitrogens with zero attached hydrogens (tertiary/aromatic N) is 6. The molecule has 0 spiro atoms. The second kappa shape index (κ2) is 37.3. The lowest BCUT2D eigenvalue weighted by Gasteiger charge is -2.40. The lowest BCUT2D eigenvalue weighted by molar-refractivity contribution is 0.432. The van der Waals surface area contributed by atoms with Crippen molar-refractivity contribution in [3.63, 3.8) is 0 Å². The van der Waals surface area contributed by atoms with Gasteiger partial charge in [0.05, 0.1) is 0 Å². The van der Waals surface area contributed by atoms with Gasteiger partial charge in [0.1, 0.15) is 34.5 Å². The molecule has 0 aromatic heterocycles. The minimum atomic E-state index is -0.0242. The highest BCUT2D eigenvalue weighted by atomic mass is 35.5. The molecule has 6 N–H and O–H groups in total. The topological polar surface area (TPSA) is 141 Å². The van der Waals surface area contributed by atoms with Crippen LogP contribution < -0.4 is 29.4 Å². The molecule has 0 amide bonds. The minimum Gasteiger partial charge on any atom is -0.507 e. The van der Waals surface area contributed by atoms with Crippen LogP contribution in [0, 0.1) is 27.7 Å². The van der Waals surface area contributed by atoms with Gasteiger partial charge in [-0.2, -0.15) is 0 Å². The number of phenols is 6. The van der Waals surface area contributed by atoms with Gasteiger partial charge < -0.3 is 60.0 Å². The van der Waals surface area contributed by atoms with E-state index in [-0.39, 0.29) is 73.6 Å². The van der Waals surface area contributed by atoms with Gasteiger partial charge in [0.25, 0.3) is 0 Å². The average Bonchev–Trinajstić information content (AvgIpc) is 1.59. The van der Waals surface area contributed by atoms with Gasteiger partial charge in [0, 0.05) is 243 Å². The zero-order valence-corrected chi connectivity index (χ0v) is 87.2. The molecule has 12 nitrogen and oxygen atoms in total. The quantitative estimate of drug-likeness (QED) is 0.0883. The van der Waals surface area contributed by atoms with Crippen LogP contribution in [0.1, 0.15) is 264 Å². The molecular formula is C113H142Cl6N6O6. The van der Waals surface area contributed by atoms with Crippen LogP contribution >= 0.6 is 69.6 Å². The molecule has 18 rings (SSSR count). The molecule has 0 saturated heterocycles. The SMILES string of the molecule is C[C@@H](Cl)[C@H]1c2c(cc(O)c3ccccc23)N(C(C)(C)C)[C@H]1C.C[C@@H]1[C@@H]([C@@H](C)Cl)c2c(cc(O)c3ccccc23)N1C(C)(C)C.C[C@H]1[C@@H](CCl)c2c(cc(O)c3ccccc23)N1C(C)(C)C.Cc1ccc(C)c2c3c(cc(O)c12)N(C(C)(C)C)C[C@H]3CCl.Cc1cccc2c(O)cc3c(c12)[C@H](CCl)[C@@H](C)N3C(C)(C)C.Cc1cccc2c(O)cc3c(c12)[C@H](CCl)[C@H](C)N3C(C)(C)C. The number of hydrogen-bond donors (Lipinski definition) is 6. The van der Waals surface area contributed by atoms with Gasteiger partial charge in [0.2, 0.25) is 0 Å². The van der Waals surface area contributed by atoms with Crippen molar-refractivity contribution in [3.05, 3.63) is 213 Å². The molecule has 0 fully saturated rings. The van der Waals surface area contributed by atoms with E-state index in [4.69, 9.17) is 69.6 Å². The van der Waals surface area contributed by atoms with Crippen molar-refractivity contribution < 1.29 is 30.6 Å². The van der Waals surface area contributed by atoms with E-state index < -0.39 is 0 Å². The van der Waals surface area contributed by atoms with Crippen molar-refractivity contribution in [1.82, 2.24) is 0 Å². The van der Waals surface area contributed by atoms with Gasteiger partial charge >= 0.3 is 0 Å². The summed E-state index contributed by atoms with van der Waals surface area (Å²) in [6.07, 6.45) is 0. The van der Waals surface area contributed by atoms with Gasteiger partial charge in [0.15, 0.2) is 0 Å². The summed E-state index contributed by atoms with van der Waals surface area (Å²) in [5, 5.41) is 75.5. The number of phenolic OH excluding ortho intramolecular Hbond substituents is 6. The van der Waals surface area contributed by atoms with E-state index >= 15 is 0 Å². The highest BCUT2D eigenvalue weighted by Crippen LogP contribution is 2.59. The number of aryl methyl sites for hydroxylation is 4. The Kier molecular flexibility index (Phi) is 28.5. The van der Waals surface area contributed by atoms with Gasteiger partial charge in [-0.05, 0) is 289 Å². The summed E-state index contributed by atoms with van der Waals surface area (Å²) in [6, 6.07) is 53.7. The second-order valence-corrected chi connectivity index (χ2v) is 46.4. The Morgan fingerprint density at radius 2 is 0.542 bits per heavy atom. The third-order valence-electron chi connectivity index (χ3n) is 28.7. The van der Waals surface area contributed by atoms with Crippen LogP contribution in [0.5, 0.6) is 34.5 Å². The Labute approximate surface area is 810 Å². The van der Waals surface area contributed by atoms with Crippen molar-refractivity contribution in [2.45, 2.75) is 310 Å². The Hall–Kier alpha value is -8.46. The number of alkyl halides is 6. The standard InChI is InChI=1S/5C19H24ClNO.C18H22ClNO/c1-11-6-7-12(2)17-16(11)15(22)8-14-18(17)13(9-20)10-21(14)19(3,4)5;2*1-11-7-6-8-13-16(22)9-15-18(17(11)13)14(10-20)12(2)21(15)19(3,4)5;2*1-11(20)17-12(2)21(19(3,4)5)15-10-16(22)13-8-6-7-9-14(13)18(15)17;1-11-14(10-19)17-13-8-6-5-7-12(13)16(21)9-15(17)20(11)18(2,3)4/h6-8,13,22H,9-10H2,1-5H3;2*6-9,12,14,22H,10H2,1-5H3;2*6-12,17,22H,1-5H3;5-9,11,14,21H,10H2,1-4H3/t13-;12-,14+;12-,14-;11-,12+,17-;11-,12-,17-;11-,14+/m101110/s1. The van der Waals surface area contributed by atoms with E-state index in [0.29, 0.717) is 94.1 Å². The average molecular weight is 1890 g/mol. The maximum Gasteiger partial charge on any atom is 0.125 e. The zero-order valence-electron chi connectivity index (χ0n) is 82.7. The summed E-state index contributed by atoms with van der Waals surface area (Å²) in [4.78, 5) is 14.4. The predicted octanol–water partition coefficient (Wildman–Crippen LogP) is 30.9. The Bertz CT molecular complexity index is 6010. The van der Waals surface area contributed by atoms with Gasteiger partial charge in [-0.25, -0.2) is 0 Å². The van der Waals surface area contributed by atoms with Crippen LogP contribution in [0.15, 0.2) is 158 Å². The van der Waals surface area contributed by atoms with Crippen LogP contribution in [0.4, 0.5) is 34.1 Å². The fourth-order valence-electron chi connectivity index (χ4n) is 23.8.